The molecular formula is C8H9F3N4O2S. The molecule has 1 aromatic heterocycles. The number of aromatic nitrogens is 2. The van der Waals surface area contributed by atoms with Crippen LogP contribution >= 0.6 is 11.8 Å². The van der Waals surface area contributed by atoms with Crippen molar-refractivity contribution in [2.75, 3.05) is 18.3 Å². The molecule has 0 fully saturated rings. The number of hydrogen-bond donors (Lipinski definition) is 2. The number of hydrazine groups is 1. The number of nitrogens with zero attached hydrogens (tertiary/aromatic N) is 2. The summed E-state index contributed by atoms with van der Waals surface area (Å²) >= 11 is 0.792. The van der Waals surface area contributed by atoms with Crippen LogP contribution in [0, 0.1) is 0 Å². The minimum atomic E-state index is -4.69. The van der Waals surface area contributed by atoms with Crippen molar-refractivity contribution >= 4 is 23.5 Å². The molecule has 100 valence electrons. The summed E-state index contributed by atoms with van der Waals surface area (Å²) in [6, 6.07) is 1.20. The van der Waals surface area contributed by atoms with Gasteiger partial charge in [-0.3, -0.25) is 4.79 Å². The molecule has 1 heterocycles. The summed E-state index contributed by atoms with van der Waals surface area (Å²) in [6.45, 7) is 0. The maximum atomic E-state index is 12.5. The molecule has 0 atom stereocenters. The van der Waals surface area contributed by atoms with Crippen LogP contribution in [0.5, 0.6) is 0 Å². The van der Waals surface area contributed by atoms with E-state index in [0.717, 1.165) is 11.8 Å². The van der Waals surface area contributed by atoms with Crippen molar-refractivity contribution in [2.24, 2.45) is 5.84 Å². The maximum absolute atomic E-state index is 12.5. The second kappa shape index (κ2) is 5.87. The number of esters is 1. The summed E-state index contributed by atoms with van der Waals surface area (Å²) in [5.74, 6) is 2.75. The monoisotopic (exact) mass is 282 g/mol. The number of nitrogens with one attached hydrogen (secondary N) is 1. The molecule has 0 aliphatic heterocycles. The number of methoxy groups -OCH3 is 1. The highest BCUT2D eigenvalue weighted by Gasteiger charge is 2.35. The molecule has 0 aromatic carbocycles. The van der Waals surface area contributed by atoms with Gasteiger partial charge in [0.25, 0.3) is 0 Å². The summed E-state index contributed by atoms with van der Waals surface area (Å²) in [6.07, 6.45) is -4.69. The molecule has 0 bridgehead atoms. The highest BCUT2D eigenvalue weighted by Crippen LogP contribution is 2.29. The van der Waals surface area contributed by atoms with Crippen molar-refractivity contribution in [1.82, 2.24) is 9.97 Å². The van der Waals surface area contributed by atoms with E-state index in [0.29, 0.717) is 0 Å². The number of alkyl halides is 3. The molecule has 0 radical (unpaired) electrons. The maximum Gasteiger partial charge on any atom is 0.451 e. The number of nitrogens with two attached hydrogens (primary N) is 1. The average molecular weight is 282 g/mol. The lowest BCUT2D eigenvalue weighted by molar-refractivity contribution is -0.145. The highest BCUT2D eigenvalue weighted by atomic mass is 32.2. The predicted molar refractivity (Wildman–Crippen MR) is 57.6 cm³/mol. The third-order valence-corrected chi connectivity index (χ3v) is 2.55. The Labute approximate surface area is 104 Å². The van der Waals surface area contributed by atoms with Gasteiger partial charge < -0.3 is 10.2 Å². The van der Waals surface area contributed by atoms with E-state index in [1.807, 2.05) is 5.43 Å². The van der Waals surface area contributed by atoms with E-state index in [4.69, 9.17) is 5.84 Å². The van der Waals surface area contributed by atoms with Gasteiger partial charge in [0.1, 0.15) is 10.8 Å². The van der Waals surface area contributed by atoms with Gasteiger partial charge >= 0.3 is 12.1 Å². The van der Waals surface area contributed by atoms with E-state index in [-0.39, 0.29) is 16.6 Å². The second-order valence-electron chi connectivity index (χ2n) is 2.92. The van der Waals surface area contributed by atoms with Gasteiger partial charge in [0.2, 0.25) is 5.82 Å². The van der Waals surface area contributed by atoms with E-state index in [1.165, 1.54) is 13.2 Å². The van der Waals surface area contributed by atoms with Crippen LogP contribution in [0.25, 0.3) is 0 Å². The number of hydrogen-bond acceptors (Lipinski definition) is 7. The van der Waals surface area contributed by atoms with Crippen molar-refractivity contribution in [3.8, 4) is 0 Å². The normalized spacial score (nSPS) is 11.2. The number of ether oxygens (including phenoxy) is 1. The van der Waals surface area contributed by atoms with Crippen LogP contribution in [0.4, 0.5) is 19.0 Å². The minimum Gasteiger partial charge on any atom is -0.468 e. The van der Waals surface area contributed by atoms with Crippen molar-refractivity contribution in [2.45, 2.75) is 11.2 Å². The molecule has 0 aliphatic carbocycles. The number of thioether (sulfide) groups is 1. The Balaban J connectivity index is 2.94. The molecule has 6 nitrogen and oxygen atoms in total. The number of halogens is 3. The predicted octanol–water partition coefficient (Wildman–Crippen LogP) is 1.05. The topological polar surface area (TPSA) is 90.1 Å². The van der Waals surface area contributed by atoms with Gasteiger partial charge in [-0.1, -0.05) is 11.8 Å². The summed E-state index contributed by atoms with van der Waals surface area (Å²) in [4.78, 5) is 17.3. The van der Waals surface area contributed by atoms with Gasteiger partial charge in [-0.05, 0) is 0 Å². The molecule has 0 saturated carbocycles. The molecule has 3 N–H and O–H groups in total. The smallest absolute Gasteiger partial charge is 0.451 e. The third-order valence-electron chi connectivity index (χ3n) is 1.67. The van der Waals surface area contributed by atoms with Crippen LogP contribution in [-0.2, 0) is 15.7 Å². The molecule has 0 aliphatic rings. The molecule has 1 aromatic rings. The Morgan fingerprint density at radius 3 is 2.72 bits per heavy atom. The number of carbonyl (C=O) groups is 1. The van der Waals surface area contributed by atoms with Gasteiger partial charge in [0, 0.05) is 6.07 Å². The molecule has 0 amide bonds. The van der Waals surface area contributed by atoms with Crippen LogP contribution in [0.15, 0.2) is 11.1 Å². The Morgan fingerprint density at radius 1 is 1.56 bits per heavy atom. The van der Waals surface area contributed by atoms with Gasteiger partial charge in [-0.2, -0.15) is 13.2 Å². The summed E-state index contributed by atoms with van der Waals surface area (Å²) in [5.41, 5.74) is 2.00. The SMILES string of the molecule is COC(=O)CSc1cc(NN)nc(C(F)(F)F)n1. The van der Waals surface area contributed by atoms with Gasteiger partial charge in [0.05, 0.1) is 12.9 Å². The third kappa shape index (κ3) is 4.04. The fourth-order valence-corrected chi connectivity index (χ4v) is 1.62. The quantitative estimate of drug-likeness (QED) is 0.280. The molecule has 18 heavy (non-hydrogen) atoms. The van der Waals surface area contributed by atoms with Crippen molar-refractivity contribution < 1.29 is 22.7 Å². The van der Waals surface area contributed by atoms with Gasteiger partial charge in [0.15, 0.2) is 0 Å². The Bertz CT molecular complexity index is 441. The zero-order chi connectivity index (χ0) is 13.8. The largest absolute Gasteiger partial charge is 0.468 e. The Morgan fingerprint density at radius 2 is 2.22 bits per heavy atom. The minimum absolute atomic E-state index is 0.0318. The lowest BCUT2D eigenvalue weighted by atomic mass is 10.5. The van der Waals surface area contributed by atoms with Crippen LogP contribution in [-0.4, -0.2) is 28.8 Å². The first kappa shape index (κ1) is 14.5. The first-order valence-electron chi connectivity index (χ1n) is 4.49. The van der Waals surface area contributed by atoms with Crippen LogP contribution < -0.4 is 11.3 Å². The van der Waals surface area contributed by atoms with Crippen LogP contribution in [0.1, 0.15) is 5.82 Å². The van der Waals surface area contributed by atoms with Gasteiger partial charge in [-0.15, -0.1) is 0 Å². The summed E-state index contributed by atoms with van der Waals surface area (Å²) in [7, 11) is 1.18. The van der Waals surface area contributed by atoms with Gasteiger partial charge in [-0.25, -0.2) is 15.8 Å². The number of rotatable bonds is 4. The van der Waals surface area contributed by atoms with E-state index in [2.05, 4.69) is 14.7 Å². The Hall–Kier alpha value is -1.55. The van der Waals surface area contributed by atoms with E-state index >= 15 is 0 Å². The highest BCUT2D eigenvalue weighted by molar-refractivity contribution is 7.99. The second-order valence-corrected chi connectivity index (χ2v) is 3.92. The molecule has 10 heteroatoms. The van der Waals surface area contributed by atoms with Crippen LogP contribution in [0.3, 0.4) is 0 Å². The Kier molecular flexibility index (Phi) is 4.73. The average Bonchev–Trinajstić information content (AvgIpc) is 2.34. The molecular weight excluding hydrogens is 273 g/mol. The standard InChI is InChI=1S/C8H9F3N4O2S/c1-17-6(16)3-18-5-2-4(15-12)13-7(14-5)8(9,10)11/h2H,3,12H2,1H3,(H,13,14,15). The van der Waals surface area contributed by atoms with E-state index in [1.54, 1.807) is 0 Å². The number of nitrogen functional groups attached to an aromatic ring is 1. The molecule has 0 saturated heterocycles. The fourth-order valence-electron chi connectivity index (χ4n) is 0.891. The number of anilines is 1. The van der Waals surface area contributed by atoms with E-state index < -0.39 is 18.0 Å². The first-order valence-corrected chi connectivity index (χ1v) is 5.48. The summed E-state index contributed by atoms with van der Waals surface area (Å²) in [5, 5.41) is -0.0318. The lowest BCUT2D eigenvalue weighted by Gasteiger charge is -2.09. The van der Waals surface area contributed by atoms with Crippen LogP contribution in [0.2, 0.25) is 0 Å². The summed E-state index contributed by atoms with van der Waals surface area (Å²) < 4.78 is 41.7. The zero-order valence-electron chi connectivity index (χ0n) is 9.11. The molecule has 0 spiro atoms. The van der Waals surface area contributed by atoms with Crippen molar-refractivity contribution in [3.63, 3.8) is 0 Å². The van der Waals surface area contributed by atoms with E-state index in [9.17, 15) is 18.0 Å². The molecule has 1 rings (SSSR count). The zero-order valence-corrected chi connectivity index (χ0v) is 9.93. The first-order chi connectivity index (χ1) is 8.36. The molecule has 0 unspecified atom stereocenters. The lowest BCUT2D eigenvalue weighted by Crippen LogP contribution is -2.16. The van der Waals surface area contributed by atoms with Crippen molar-refractivity contribution in [3.05, 3.63) is 11.9 Å². The fraction of sp³-hybridized carbons (Fsp3) is 0.375. The number of carbonyl (C=O) groups excluding carboxylic acids is 1. The van der Waals surface area contributed by atoms with Crippen molar-refractivity contribution in [1.29, 1.82) is 0 Å².